The molecule has 0 aromatic heterocycles. The first kappa shape index (κ1) is 15.6. The van der Waals surface area contributed by atoms with Crippen LogP contribution in [0.1, 0.15) is 20.7 Å². The SMILES string of the molecule is O=C(O)c1ccc(S(=O)(=O)O)cc1C(=O)O.[Al]. The zero-order valence-electron chi connectivity index (χ0n) is 8.19. The van der Waals surface area contributed by atoms with Crippen molar-refractivity contribution < 1.29 is 32.8 Å². The number of benzene rings is 1. The van der Waals surface area contributed by atoms with Gasteiger partial charge in [0.1, 0.15) is 0 Å². The predicted octanol–water partition coefficient (Wildman–Crippen LogP) is -0.0511. The number of rotatable bonds is 3. The standard InChI is InChI=1S/C8H6O7S.Al/c9-7(10)5-2-1-4(16(13,14)15)3-6(5)8(11)12;/h1-3H,(H,9,10)(H,11,12)(H,13,14,15);. The van der Waals surface area contributed by atoms with Gasteiger partial charge in [-0.15, -0.1) is 0 Å². The van der Waals surface area contributed by atoms with Crippen molar-refractivity contribution in [3.63, 3.8) is 0 Å². The second-order valence-corrected chi connectivity index (χ2v) is 4.21. The summed E-state index contributed by atoms with van der Waals surface area (Å²) in [6.07, 6.45) is 0. The van der Waals surface area contributed by atoms with Crippen molar-refractivity contribution in [2.75, 3.05) is 0 Å². The lowest BCUT2D eigenvalue weighted by Crippen LogP contribution is -2.10. The number of carboxylic acid groups (broad SMARTS) is 2. The number of hydrogen-bond donors (Lipinski definition) is 3. The summed E-state index contributed by atoms with van der Waals surface area (Å²) < 4.78 is 30.1. The molecule has 0 aliphatic carbocycles. The fraction of sp³-hybridized carbons (Fsp3) is 0. The normalized spacial score (nSPS) is 10.4. The second kappa shape index (κ2) is 5.29. The Hall–Kier alpha value is -1.40. The fourth-order valence-electron chi connectivity index (χ4n) is 1.05. The van der Waals surface area contributed by atoms with Gasteiger partial charge in [0.05, 0.1) is 16.0 Å². The van der Waals surface area contributed by atoms with Crippen molar-refractivity contribution in [2.24, 2.45) is 0 Å². The van der Waals surface area contributed by atoms with Gasteiger partial charge in [-0.05, 0) is 18.2 Å². The Labute approximate surface area is 107 Å². The van der Waals surface area contributed by atoms with E-state index in [1.165, 1.54) is 0 Å². The van der Waals surface area contributed by atoms with Gasteiger partial charge in [-0.1, -0.05) is 0 Å². The molecule has 0 unspecified atom stereocenters. The Kier molecular flexibility index (Phi) is 4.85. The summed E-state index contributed by atoms with van der Waals surface area (Å²) in [5.74, 6) is -3.10. The molecule has 0 amide bonds. The Morgan fingerprint density at radius 3 is 1.82 bits per heavy atom. The van der Waals surface area contributed by atoms with E-state index in [0.717, 1.165) is 12.1 Å². The van der Waals surface area contributed by atoms with E-state index in [2.05, 4.69) is 0 Å². The number of aromatic carboxylic acids is 2. The van der Waals surface area contributed by atoms with Crippen LogP contribution in [-0.2, 0) is 10.1 Å². The van der Waals surface area contributed by atoms with Crippen LogP contribution in [0.25, 0.3) is 0 Å². The van der Waals surface area contributed by atoms with Crippen molar-refractivity contribution in [3.05, 3.63) is 29.3 Å². The van der Waals surface area contributed by atoms with Crippen LogP contribution < -0.4 is 0 Å². The van der Waals surface area contributed by atoms with Gasteiger partial charge < -0.3 is 10.2 Å². The zero-order chi connectivity index (χ0) is 12.5. The molecule has 0 saturated heterocycles. The molecule has 0 heterocycles. The highest BCUT2D eigenvalue weighted by Gasteiger charge is 2.19. The smallest absolute Gasteiger partial charge is 0.336 e. The average molecular weight is 273 g/mol. The maximum atomic E-state index is 10.7. The van der Waals surface area contributed by atoms with Gasteiger partial charge in [0, 0.05) is 17.4 Å². The molecule has 1 aromatic carbocycles. The van der Waals surface area contributed by atoms with Gasteiger partial charge in [0.25, 0.3) is 10.1 Å². The van der Waals surface area contributed by atoms with Gasteiger partial charge in [0.15, 0.2) is 0 Å². The van der Waals surface area contributed by atoms with Gasteiger partial charge in [-0.25, -0.2) is 9.59 Å². The molecule has 0 fully saturated rings. The van der Waals surface area contributed by atoms with Crippen molar-refractivity contribution in [1.82, 2.24) is 0 Å². The van der Waals surface area contributed by atoms with E-state index >= 15 is 0 Å². The molecule has 1 rings (SSSR count). The molecule has 17 heavy (non-hydrogen) atoms. The molecule has 1 aromatic rings. The summed E-state index contributed by atoms with van der Waals surface area (Å²) in [7, 11) is -4.56. The van der Waals surface area contributed by atoms with Crippen LogP contribution in [0.2, 0.25) is 0 Å². The highest BCUT2D eigenvalue weighted by atomic mass is 32.2. The van der Waals surface area contributed by atoms with E-state index < -0.39 is 38.1 Å². The topological polar surface area (TPSA) is 129 Å². The van der Waals surface area contributed by atoms with Gasteiger partial charge in [0.2, 0.25) is 0 Å². The first-order valence-electron chi connectivity index (χ1n) is 3.81. The van der Waals surface area contributed by atoms with E-state index in [-0.39, 0.29) is 17.4 Å². The van der Waals surface area contributed by atoms with Crippen molar-refractivity contribution >= 4 is 39.4 Å². The second-order valence-electron chi connectivity index (χ2n) is 2.79. The molecule has 0 bridgehead atoms. The van der Waals surface area contributed by atoms with Crippen LogP contribution in [0.3, 0.4) is 0 Å². The molecule has 3 radical (unpaired) electrons. The molecule has 89 valence electrons. The summed E-state index contributed by atoms with van der Waals surface area (Å²) >= 11 is 0. The lowest BCUT2D eigenvalue weighted by atomic mass is 10.1. The summed E-state index contributed by atoms with van der Waals surface area (Å²) in [4.78, 5) is 20.6. The van der Waals surface area contributed by atoms with Gasteiger partial charge >= 0.3 is 11.9 Å². The highest BCUT2D eigenvalue weighted by Crippen LogP contribution is 2.16. The van der Waals surface area contributed by atoms with Crippen LogP contribution in [0.5, 0.6) is 0 Å². The Morgan fingerprint density at radius 1 is 1.00 bits per heavy atom. The lowest BCUT2D eigenvalue weighted by molar-refractivity contribution is 0.0651. The molecule has 0 atom stereocenters. The summed E-state index contributed by atoms with van der Waals surface area (Å²) in [5, 5.41) is 17.3. The van der Waals surface area contributed by atoms with E-state index in [0.29, 0.717) is 6.07 Å². The van der Waals surface area contributed by atoms with Crippen molar-refractivity contribution in [3.8, 4) is 0 Å². The van der Waals surface area contributed by atoms with Gasteiger partial charge in [-0.3, -0.25) is 4.55 Å². The monoisotopic (exact) mass is 273 g/mol. The van der Waals surface area contributed by atoms with Crippen LogP contribution in [0.4, 0.5) is 0 Å². The first-order valence-corrected chi connectivity index (χ1v) is 5.25. The molecule has 0 aliphatic heterocycles. The molecular formula is C8H6AlO7S. The Balaban J connectivity index is 0.00000256. The summed E-state index contributed by atoms with van der Waals surface area (Å²) in [5.41, 5.74) is -1.26. The predicted molar refractivity (Wildman–Crippen MR) is 55.9 cm³/mol. The quantitative estimate of drug-likeness (QED) is 0.520. The van der Waals surface area contributed by atoms with Crippen LogP contribution in [0.15, 0.2) is 23.1 Å². The van der Waals surface area contributed by atoms with E-state index in [1.807, 2.05) is 0 Å². The molecule has 0 aliphatic rings. The third-order valence-electron chi connectivity index (χ3n) is 1.75. The fourth-order valence-corrected chi connectivity index (χ4v) is 1.55. The summed E-state index contributed by atoms with van der Waals surface area (Å²) in [6.45, 7) is 0. The van der Waals surface area contributed by atoms with Crippen molar-refractivity contribution in [2.45, 2.75) is 4.90 Å². The maximum Gasteiger partial charge on any atom is 0.336 e. The number of carbonyl (C=O) groups is 2. The molecule has 9 heteroatoms. The Bertz CT molecular complexity index is 563. The third kappa shape index (κ3) is 3.54. The number of carboxylic acids is 2. The molecule has 7 nitrogen and oxygen atoms in total. The minimum absolute atomic E-state index is 0. The average Bonchev–Trinajstić information content (AvgIpc) is 2.15. The Morgan fingerprint density at radius 2 is 1.47 bits per heavy atom. The zero-order valence-corrected chi connectivity index (χ0v) is 10.2. The molecular weight excluding hydrogens is 267 g/mol. The lowest BCUT2D eigenvalue weighted by Gasteiger charge is -2.03. The molecule has 0 spiro atoms. The highest BCUT2D eigenvalue weighted by molar-refractivity contribution is 7.85. The number of hydrogen-bond acceptors (Lipinski definition) is 4. The first-order chi connectivity index (χ1) is 7.23. The van der Waals surface area contributed by atoms with Crippen LogP contribution in [0, 0.1) is 0 Å². The van der Waals surface area contributed by atoms with E-state index in [1.54, 1.807) is 0 Å². The van der Waals surface area contributed by atoms with Crippen LogP contribution >= 0.6 is 0 Å². The van der Waals surface area contributed by atoms with Crippen LogP contribution in [-0.4, -0.2) is 52.5 Å². The molecule has 3 N–H and O–H groups in total. The van der Waals surface area contributed by atoms with E-state index in [9.17, 15) is 18.0 Å². The minimum atomic E-state index is -4.56. The van der Waals surface area contributed by atoms with Crippen molar-refractivity contribution in [1.29, 1.82) is 0 Å². The van der Waals surface area contributed by atoms with Gasteiger partial charge in [-0.2, -0.15) is 8.42 Å². The maximum absolute atomic E-state index is 10.7. The van der Waals surface area contributed by atoms with E-state index in [4.69, 9.17) is 14.8 Å². The third-order valence-corrected chi connectivity index (χ3v) is 2.60. The minimum Gasteiger partial charge on any atom is -0.478 e. The summed E-state index contributed by atoms with van der Waals surface area (Å²) in [6, 6.07) is 2.20. The molecule has 0 saturated carbocycles. The largest absolute Gasteiger partial charge is 0.478 e.